The number of alkyl halides is 2. The monoisotopic (exact) mass is 305 g/mol. The first-order chi connectivity index (χ1) is 10.4. The lowest BCUT2D eigenvalue weighted by molar-refractivity contribution is -0.384. The van der Waals surface area contributed by atoms with Crippen LogP contribution in [0.2, 0.25) is 0 Å². The van der Waals surface area contributed by atoms with Crippen molar-refractivity contribution < 1.29 is 18.4 Å². The number of non-ortho nitro benzene ring substituents is 1. The lowest BCUT2D eigenvalue weighted by Gasteiger charge is -2.11. The molecule has 1 rings (SSSR count). The molecule has 0 aliphatic heterocycles. The minimum Gasteiger partial charge on any atom is -0.433 e. The van der Waals surface area contributed by atoms with E-state index >= 15 is 0 Å². The number of allylic oxidation sites excluding steroid dienone is 2. The fraction of sp³-hybridized carbons (Fsp3) is 0.0833. The first kappa shape index (κ1) is 16.3. The zero-order valence-corrected chi connectivity index (χ0v) is 10.6. The van der Waals surface area contributed by atoms with Crippen molar-refractivity contribution in [2.24, 2.45) is 0 Å². The second-order valence-electron chi connectivity index (χ2n) is 3.53. The van der Waals surface area contributed by atoms with E-state index in [-0.39, 0.29) is 5.69 Å². The van der Waals surface area contributed by atoms with Crippen LogP contribution in [0.15, 0.2) is 29.5 Å². The summed E-state index contributed by atoms with van der Waals surface area (Å²) in [7, 11) is 0. The van der Waals surface area contributed by atoms with Crippen LogP contribution in [0, 0.1) is 44.1 Å². The van der Waals surface area contributed by atoms with E-state index in [1.165, 1.54) is 18.2 Å². The van der Waals surface area contributed by atoms with Crippen LogP contribution < -0.4 is 10.1 Å². The molecule has 0 heterocycles. The third kappa shape index (κ3) is 3.89. The topological polar surface area (TPSA) is 136 Å². The Labute approximate surface area is 122 Å². The van der Waals surface area contributed by atoms with Crippen LogP contribution >= 0.6 is 0 Å². The standard InChI is InChI=1S/C12H5F2N5O3/c13-12(14)22-11-2-1-8(19(20)21)3-9(11)18-10(6-17)7(4-15)5-16/h1-3,12,18H. The van der Waals surface area contributed by atoms with Crippen molar-refractivity contribution in [2.75, 3.05) is 5.32 Å². The average molecular weight is 305 g/mol. The van der Waals surface area contributed by atoms with Crippen molar-refractivity contribution in [1.29, 1.82) is 15.8 Å². The van der Waals surface area contributed by atoms with Crippen LogP contribution in [0.4, 0.5) is 20.2 Å². The van der Waals surface area contributed by atoms with Crippen molar-refractivity contribution in [3.63, 3.8) is 0 Å². The van der Waals surface area contributed by atoms with Crippen molar-refractivity contribution in [3.8, 4) is 24.0 Å². The van der Waals surface area contributed by atoms with Gasteiger partial charge in [0, 0.05) is 12.1 Å². The summed E-state index contributed by atoms with van der Waals surface area (Å²) in [6, 6.07) is 7.02. The molecule has 110 valence electrons. The highest BCUT2D eigenvalue weighted by Crippen LogP contribution is 2.31. The summed E-state index contributed by atoms with van der Waals surface area (Å²) in [5.74, 6) is -0.483. The van der Waals surface area contributed by atoms with Crippen LogP contribution in [-0.4, -0.2) is 11.5 Å². The molecule has 0 aliphatic rings. The molecule has 0 radical (unpaired) electrons. The Morgan fingerprint density at radius 3 is 2.36 bits per heavy atom. The Kier molecular flexibility index (Phi) is 5.33. The van der Waals surface area contributed by atoms with Gasteiger partial charge in [0.15, 0.2) is 5.57 Å². The molecule has 1 N–H and O–H groups in total. The molecule has 0 aliphatic carbocycles. The maximum absolute atomic E-state index is 12.3. The van der Waals surface area contributed by atoms with Gasteiger partial charge in [0.05, 0.1) is 10.6 Å². The minimum absolute atomic E-state index is 0.353. The SMILES string of the molecule is N#CC(C#N)=C(C#N)Nc1cc([N+](=O)[O-])ccc1OC(F)F. The third-order valence-corrected chi connectivity index (χ3v) is 2.24. The van der Waals surface area contributed by atoms with Gasteiger partial charge in [-0.1, -0.05) is 0 Å². The number of hydrogen-bond donors (Lipinski definition) is 1. The van der Waals surface area contributed by atoms with Gasteiger partial charge in [-0.15, -0.1) is 0 Å². The number of benzene rings is 1. The maximum atomic E-state index is 12.3. The van der Waals surface area contributed by atoms with Gasteiger partial charge in [0.1, 0.15) is 29.7 Å². The normalized spacial score (nSPS) is 9.09. The third-order valence-electron chi connectivity index (χ3n) is 2.24. The number of nitrogens with zero attached hydrogens (tertiary/aromatic N) is 4. The van der Waals surface area contributed by atoms with E-state index in [9.17, 15) is 18.9 Å². The van der Waals surface area contributed by atoms with E-state index in [0.717, 1.165) is 18.2 Å². The molecule has 0 atom stereocenters. The number of nitro groups is 1. The van der Waals surface area contributed by atoms with Crippen LogP contribution in [-0.2, 0) is 0 Å². The van der Waals surface area contributed by atoms with E-state index in [1.54, 1.807) is 0 Å². The second-order valence-corrected chi connectivity index (χ2v) is 3.53. The molecule has 0 bridgehead atoms. The molecule has 0 fully saturated rings. The lowest BCUT2D eigenvalue weighted by atomic mass is 10.2. The summed E-state index contributed by atoms with van der Waals surface area (Å²) >= 11 is 0. The number of anilines is 1. The number of nitro benzene ring substituents is 1. The van der Waals surface area contributed by atoms with Crippen molar-refractivity contribution >= 4 is 11.4 Å². The Morgan fingerprint density at radius 2 is 1.91 bits per heavy atom. The number of nitriles is 3. The molecule has 0 aromatic heterocycles. The highest BCUT2D eigenvalue weighted by molar-refractivity contribution is 5.67. The van der Waals surface area contributed by atoms with Gasteiger partial charge in [-0.2, -0.15) is 24.6 Å². The van der Waals surface area contributed by atoms with Crippen LogP contribution in [0.5, 0.6) is 5.75 Å². The van der Waals surface area contributed by atoms with Gasteiger partial charge in [-0.3, -0.25) is 10.1 Å². The molecule has 10 heteroatoms. The zero-order chi connectivity index (χ0) is 16.7. The molecule has 0 spiro atoms. The summed E-state index contributed by atoms with van der Waals surface area (Å²) in [5, 5.41) is 39.1. The zero-order valence-electron chi connectivity index (χ0n) is 10.6. The van der Waals surface area contributed by atoms with Gasteiger partial charge in [-0.25, -0.2) is 0 Å². The molecule has 1 aromatic carbocycles. The number of ether oxygens (including phenoxy) is 1. The maximum Gasteiger partial charge on any atom is 0.387 e. The average Bonchev–Trinajstić information content (AvgIpc) is 2.48. The summed E-state index contributed by atoms with van der Waals surface area (Å²) in [6.45, 7) is -3.21. The first-order valence-electron chi connectivity index (χ1n) is 5.37. The van der Waals surface area contributed by atoms with Gasteiger partial charge < -0.3 is 10.1 Å². The molecular weight excluding hydrogens is 300 g/mol. The molecule has 0 amide bonds. The van der Waals surface area contributed by atoms with Crippen LogP contribution in [0.1, 0.15) is 0 Å². The van der Waals surface area contributed by atoms with Gasteiger partial charge in [0.25, 0.3) is 5.69 Å². The van der Waals surface area contributed by atoms with Crippen molar-refractivity contribution in [1.82, 2.24) is 0 Å². The summed E-state index contributed by atoms with van der Waals surface area (Å²) in [5.41, 5.74) is -1.98. The second kappa shape index (κ2) is 7.17. The van der Waals surface area contributed by atoms with Gasteiger partial charge in [0.2, 0.25) is 0 Å². The van der Waals surface area contributed by atoms with Crippen LogP contribution in [0.25, 0.3) is 0 Å². The summed E-state index contributed by atoms with van der Waals surface area (Å²) in [4.78, 5) is 9.91. The van der Waals surface area contributed by atoms with E-state index in [0.29, 0.717) is 0 Å². The van der Waals surface area contributed by atoms with Crippen LogP contribution in [0.3, 0.4) is 0 Å². The summed E-state index contributed by atoms with van der Waals surface area (Å²) in [6.07, 6.45) is 0. The molecule has 0 unspecified atom stereocenters. The predicted octanol–water partition coefficient (Wildman–Crippen LogP) is 2.43. The highest BCUT2D eigenvalue weighted by Gasteiger charge is 2.17. The highest BCUT2D eigenvalue weighted by atomic mass is 19.3. The number of halogens is 2. The molecule has 22 heavy (non-hydrogen) atoms. The van der Waals surface area contributed by atoms with Crippen molar-refractivity contribution in [2.45, 2.75) is 6.61 Å². The van der Waals surface area contributed by atoms with E-state index in [2.05, 4.69) is 10.1 Å². The fourth-order valence-corrected chi connectivity index (χ4v) is 1.35. The molecule has 1 aromatic rings. The predicted molar refractivity (Wildman–Crippen MR) is 67.2 cm³/mol. The molecule has 0 saturated carbocycles. The number of nitrogens with one attached hydrogen (secondary N) is 1. The Morgan fingerprint density at radius 1 is 1.27 bits per heavy atom. The lowest BCUT2D eigenvalue weighted by Crippen LogP contribution is -2.07. The molecular formula is C12H5F2N5O3. The van der Waals surface area contributed by atoms with Gasteiger partial charge >= 0.3 is 6.61 Å². The Hall–Kier alpha value is -3.71. The molecule has 0 saturated heterocycles. The molecule has 8 nitrogen and oxygen atoms in total. The largest absolute Gasteiger partial charge is 0.433 e. The van der Waals surface area contributed by atoms with E-state index < -0.39 is 34.2 Å². The van der Waals surface area contributed by atoms with Crippen molar-refractivity contribution in [3.05, 3.63) is 39.6 Å². The number of hydrogen-bond acceptors (Lipinski definition) is 7. The quantitative estimate of drug-likeness (QED) is 0.501. The number of rotatable bonds is 5. The minimum atomic E-state index is -3.21. The fourth-order valence-electron chi connectivity index (χ4n) is 1.35. The van der Waals surface area contributed by atoms with E-state index in [4.69, 9.17) is 15.8 Å². The van der Waals surface area contributed by atoms with Gasteiger partial charge in [-0.05, 0) is 6.07 Å². The first-order valence-corrected chi connectivity index (χ1v) is 5.37. The Balaban J connectivity index is 3.37. The smallest absolute Gasteiger partial charge is 0.387 e. The van der Waals surface area contributed by atoms with E-state index in [1.807, 2.05) is 0 Å². The summed E-state index contributed by atoms with van der Waals surface area (Å²) < 4.78 is 28.8. The Bertz CT molecular complexity index is 739.